The number of carboxylic acid groups (broad SMARTS) is 1. The number of alkyl halides is 1. The van der Waals surface area contributed by atoms with Gasteiger partial charge in [-0.05, 0) is 79.9 Å². The maximum absolute atomic E-state index is 15.9. The van der Waals surface area contributed by atoms with E-state index in [9.17, 15) is 4.79 Å². The van der Waals surface area contributed by atoms with Crippen molar-refractivity contribution in [2.75, 3.05) is 19.8 Å². The Morgan fingerprint density at radius 3 is 2.49 bits per heavy atom. The normalized spacial score (nSPS) is 18.5. The SMILES string of the molecule is C[C@@H]1CC2=C(Cc3ccccc32)[C@@H](c2c(F)cc(OCCCc3cccc(COCC(=O)O)c3)cc2F)N1CC(C)(C)F. The largest absolute Gasteiger partial charge is 0.493 e. The van der Waals surface area contributed by atoms with Gasteiger partial charge in [0.05, 0.1) is 19.3 Å². The summed E-state index contributed by atoms with van der Waals surface area (Å²) in [5.74, 6) is -2.31. The van der Waals surface area contributed by atoms with Gasteiger partial charge >= 0.3 is 5.97 Å². The third-order valence-electron chi connectivity index (χ3n) is 8.09. The number of halogens is 3. The van der Waals surface area contributed by atoms with Gasteiger partial charge in [-0.15, -0.1) is 0 Å². The van der Waals surface area contributed by atoms with Crippen LogP contribution >= 0.6 is 0 Å². The van der Waals surface area contributed by atoms with Crippen LogP contribution < -0.4 is 4.74 Å². The first kappa shape index (κ1) is 30.8. The highest BCUT2D eigenvalue weighted by atomic mass is 19.1. The van der Waals surface area contributed by atoms with E-state index < -0.39 is 29.3 Å². The third kappa shape index (κ3) is 7.31. The molecular formula is C35H38F3NO4. The van der Waals surface area contributed by atoms with Gasteiger partial charge in [0.15, 0.2) is 0 Å². The molecule has 0 aromatic heterocycles. The zero-order chi connectivity index (χ0) is 30.7. The lowest BCUT2D eigenvalue weighted by Gasteiger charge is -2.44. The molecule has 3 aromatic rings. The van der Waals surface area contributed by atoms with Crippen LogP contribution in [0.5, 0.6) is 5.75 Å². The summed E-state index contributed by atoms with van der Waals surface area (Å²) in [6.45, 7) is 5.14. The van der Waals surface area contributed by atoms with Gasteiger partial charge in [-0.25, -0.2) is 18.0 Å². The van der Waals surface area contributed by atoms with Gasteiger partial charge in [0.25, 0.3) is 0 Å². The molecule has 0 radical (unpaired) electrons. The second kappa shape index (κ2) is 12.9. The molecule has 5 rings (SSSR count). The first-order chi connectivity index (χ1) is 20.5. The number of fused-ring (bicyclic) bond motifs is 2. The molecule has 1 aliphatic heterocycles. The van der Waals surface area contributed by atoms with Crippen LogP contribution in [0.4, 0.5) is 13.2 Å². The van der Waals surface area contributed by atoms with Gasteiger partial charge in [0.1, 0.15) is 29.7 Å². The van der Waals surface area contributed by atoms with Crippen LogP contribution in [0.15, 0.2) is 66.2 Å². The standard InChI is InChI=1S/C35H38F3NO4/c1-22-14-28-27-12-5-4-11-25(27)16-29(28)34(39(22)21-35(2,3)38)33-30(36)17-26(18-31(33)37)43-13-7-10-23-8-6-9-24(15-23)19-42-20-32(40)41/h4-6,8-9,11-12,15,17-18,22,34H,7,10,13-14,16,19-21H2,1-3H3,(H,40,41)/t22-,34+/m1/s1. The summed E-state index contributed by atoms with van der Waals surface area (Å²) in [6, 6.07) is 17.3. The van der Waals surface area contributed by atoms with Crippen molar-refractivity contribution in [3.8, 4) is 5.75 Å². The van der Waals surface area contributed by atoms with Crippen molar-refractivity contribution >= 4 is 11.5 Å². The first-order valence-electron chi connectivity index (χ1n) is 14.7. The molecule has 8 heteroatoms. The molecule has 0 saturated carbocycles. The molecular weight excluding hydrogens is 555 g/mol. The number of ether oxygens (including phenoxy) is 2. The predicted octanol–water partition coefficient (Wildman–Crippen LogP) is 7.47. The summed E-state index contributed by atoms with van der Waals surface area (Å²) < 4.78 is 57.7. The van der Waals surface area contributed by atoms with Crippen LogP contribution in [-0.2, 0) is 29.0 Å². The number of carbonyl (C=O) groups is 1. The fraction of sp³-hybridized carbons (Fsp3) is 0.400. The Bertz CT molecular complexity index is 1490. The van der Waals surface area contributed by atoms with Crippen molar-refractivity contribution in [3.05, 3.63) is 106 Å². The molecule has 0 amide bonds. The smallest absolute Gasteiger partial charge is 0.329 e. The second-order valence-corrected chi connectivity index (χ2v) is 12.1. The average molecular weight is 594 g/mol. The van der Waals surface area contributed by atoms with E-state index in [1.807, 2.05) is 54.3 Å². The fourth-order valence-electron chi connectivity index (χ4n) is 6.35. The number of hydrogen-bond acceptors (Lipinski definition) is 4. The third-order valence-corrected chi connectivity index (χ3v) is 8.09. The Hall–Kier alpha value is -3.62. The monoisotopic (exact) mass is 593 g/mol. The summed E-state index contributed by atoms with van der Waals surface area (Å²) in [6.07, 6.45) is 2.55. The molecule has 0 spiro atoms. The number of carboxylic acids is 1. The number of aryl methyl sites for hydroxylation is 1. The van der Waals surface area contributed by atoms with E-state index in [1.165, 1.54) is 26.0 Å². The highest BCUT2D eigenvalue weighted by Crippen LogP contribution is 2.50. The van der Waals surface area contributed by atoms with Crippen molar-refractivity contribution in [3.63, 3.8) is 0 Å². The maximum Gasteiger partial charge on any atom is 0.329 e. The van der Waals surface area contributed by atoms with Crippen molar-refractivity contribution in [2.45, 2.75) is 70.8 Å². The van der Waals surface area contributed by atoms with Crippen molar-refractivity contribution in [1.82, 2.24) is 4.90 Å². The van der Waals surface area contributed by atoms with Gasteiger partial charge in [0.2, 0.25) is 0 Å². The highest BCUT2D eigenvalue weighted by Gasteiger charge is 2.43. The molecule has 0 fully saturated rings. The topological polar surface area (TPSA) is 59.0 Å². The van der Waals surface area contributed by atoms with Gasteiger partial charge in [0, 0.05) is 30.3 Å². The molecule has 1 aliphatic carbocycles. The van der Waals surface area contributed by atoms with Crippen LogP contribution in [-0.4, -0.2) is 47.4 Å². The molecule has 0 unspecified atom stereocenters. The predicted molar refractivity (Wildman–Crippen MR) is 160 cm³/mol. The molecule has 1 heterocycles. The Morgan fingerprint density at radius 2 is 1.77 bits per heavy atom. The maximum atomic E-state index is 15.9. The molecule has 43 heavy (non-hydrogen) atoms. The van der Waals surface area contributed by atoms with Crippen molar-refractivity contribution in [2.24, 2.45) is 0 Å². The van der Waals surface area contributed by atoms with E-state index in [2.05, 4.69) is 6.07 Å². The number of nitrogens with zero attached hydrogens (tertiary/aromatic N) is 1. The molecule has 2 aliphatic rings. The van der Waals surface area contributed by atoms with Crippen molar-refractivity contribution in [1.29, 1.82) is 0 Å². The summed E-state index contributed by atoms with van der Waals surface area (Å²) in [5.41, 5.74) is 4.57. The minimum atomic E-state index is -1.54. The van der Waals surface area contributed by atoms with E-state index in [-0.39, 0.29) is 43.7 Å². The lowest BCUT2D eigenvalue weighted by Crippen LogP contribution is -2.47. The molecule has 228 valence electrons. The van der Waals surface area contributed by atoms with E-state index in [1.54, 1.807) is 0 Å². The fourth-order valence-corrected chi connectivity index (χ4v) is 6.35. The molecule has 0 saturated heterocycles. The zero-order valence-corrected chi connectivity index (χ0v) is 24.8. The van der Waals surface area contributed by atoms with Gasteiger partial charge in [-0.3, -0.25) is 4.90 Å². The second-order valence-electron chi connectivity index (χ2n) is 12.1. The number of hydrogen-bond donors (Lipinski definition) is 1. The van der Waals surface area contributed by atoms with E-state index in [4.69, 9.17) is 14.6 Å². The molecule has 5 nitrogen and oxygen atoms in total. The Labute approximate surface area is 250 Å². The first-order valence-corrected chi connectivity index (χ1v) is 14.7. The zero-order valence-electron chi connectivity index (χ0n) is 24.8. The Balaban J connectivity index is 1.31. The lowest BCUT2D eigenvalue weighted by atomic mass is 9.84. The van der Waals surface area contributed by atoms with Crippen LogP contribution in [0.3, 0.4) is 0 Å². The minimum absolute atomic E-state index is 0.0516. The summed E-state index contributed by atoms with van der Waals surface area (Å²) in [4.78, 5) is 12.6. The van der Waals surface area contributed by atoms with Crippen molar-refractivity contribution < 1.29 is 32.5 Å². The van der Waals surface area contributed by atoms with Gasteiger partial charge in [-0.1, -0.05) is 48.5 Å². The van der Waals surface area contributed by atoms with Crippen LogP contribution in [0.2, 0.25) is 0 Å². The molecule has 3 aromatic carbocycles. The van der Waals surface area contributed by atoms with Gasteiger partial charge < -0.3 is 14.6 Å². The van der Waals surface area contributed by atoms with E-state index in [0.29, 0.717) is 25.7 Å². The quantitative estimate of drug-likeness (QED) is 0.221. The average Bonchev–Trinajstić information content (AvgIpc) is 3.30. The molecule has 2 atom stereocenters. The minimum Gasteiger partial charge on any atom is -0.493 e. The molecule has 1 N–H and O–H groups in total. The highest BCUT2D eigenvalue weighted by molar-refractivity contribution is 5.79. The summed E-state index contributed by atoms with van der Waals surface area (Å²) in [5, 5.41) is 8.73. The summed E-state index contributed by atoms with van der Waals surface area (Å²) >= 11 is 0. The Morgan fingerprint density at radius 1 is 1.05 bits per heavy atom. The molecule has 0 bridgehead atoms. The van der Waals surface area contributed by atoms with E-state index >= 15 is 13.2 Å². The van der Waals surface area contributed by atoms with Crippen LogP contribution in [0.25, 0.3) is 5.57 Å². The number of aliphatic carboxylic acids is 1. The van der Waals surface area contributed by atoms with Crippen LogP contribution in [0, 0.1) is 11.6 Å². The van der Waals surface area contributed by atoms with Gasteiger partial charge in [-0.2, -0.15) is 0 Å². The van der Waals surface area contributed by atoms with E-state index in [0.717, 1.165) is 33.4 Å². The number of rotatable bonds is 12. The Kier molecular flexibility index (Phi) is 9.28. The number of benzene rings is 3. The van der Waals surface area contributed by atoms with Crippen LogP contribution in [0.1, 0.15) is 67.5 Å². The summed E-state index contributed by atoms with van der Waals surface area (Å²) in [7, 11) is 0. The lowest BCUT2D eigenvalue weighted by molar-refractivity contribution is -0.142.